The number of aromatic nitrogens is 6. The predicted octanol–water partition coefficient (Wildman–Crippen LogP) is 13.4. The summed E-state index contributed by atoms with van der Waals surface area (Å²) in [6, 6.07) is 85.5. The quantitative estimate of drug-likeness (QED) is 0.102. The topological polar surface area (TPSA) is 26.4 Å². The lowest BCUT2D eigenvalue weighted by molar-refractivity contribution is -0.649. The van der Waals surface area contributed by atoms with Crippen LogP contribution in [0, 0.1) is 19.0 Å². The Bertz CT molecular complexity index is 3730. The van der Waals surface area contributed by atoms with E-state index in [9.17, 15) is 0 Å². The van der Waals surface area contributed by atoms with Crippen LogP contribution in [-0.2, 0) is 21.1 Å². The van der Waals surface area contributed by atoms with Crippen molar-refractivity contribution in [1.82, 2.24) is 13.7 Å². The van der Waals surface area contributed by atoms with E-state index in [1.165, 1.54) is 0 Å². The first-order valence-electron chi connectivity index (χ1n) is 24.4. The Hall–Kier alpha value is -9.39. The SMILES string of the molecule is C[n+]1[c-]n(-c2ccc(-c3ccccc3-c3cc(-c4ccccc4-c4ccc(-n5[c-][n+](C)c6ccccc65)cc4)cc(-c4ccccc4-c4ccc(-n5[c-][n+](C)c6ccccc65)cc4)c3)cc2)c2ccccc21. The predicted molar refractivity (Wildman–Crippen MR) is 290 cm³/mol. The Morgan fingerprint density at radius 2 is 0.472 bits per heavy atom. The zero-order valence-electron chi connectivity index (χ0n) is 40.2. The largest absolute Gasteiger partial charge is 0.319 e. The third-order valence-corrected chi connectivity index (χ3v) is 14.2. The average molecular weight is 925 g/mol. The van der Waals surface area contributed by atoms with Crippen LogP contribution in [0.5, 0.6) is 0 Å². The summed E-state index contributed by atoms with van der Waals surface area (Å²) in [5, 5.41) is 0. The monoisotopic (exact) mass is 924 g/mol. The van der Waals surface area contributed by atoms with E-state index < -0.39 is 0 Å². The Balaban J connectivity index is 0.939. The summed E-state index contributed by atoms with van der Waals surface area (Å²) in [6.07, 6.45) is 10.5. The molecular weight excluding hydrogens is 877 g/mol. The van der Waals surface area contributed by atoms with Crippen LogP contribution in [0.1, 0.15) is 0 Å². The summed E-state index contributed by atoms with van der Waals surface area (Å²) < 4.78 is 12.6. The minimum absolute atomic E-state index is 1.06. The maximum absolute atomic E-state index is 3.50. The van der Waals surface area contributed by atoms with Crippen molar-refractivity contribution < 1.29 is 13.7 Å². The molecule has 0 bridgehead atoms. The van der Waals surface area contributed by atoms with Gasteiger partial charge in [0.25, 0.3) is 0 Å². The van der Waals surface area contributed by atoms with Gasteiger partial charge in [0.05, 0.1) is 71.3 Å². The Kier molecular flexibility index (Phi) is 10.4. The minimum atomic E-state index is 1.06. The van der Waals surface area contributed by atoms with Crippen molar-refractivity contribution >= 4 is 33.1 Å². The molecule has 72 heavy (non-hydrogen) atoms. The van der Waals surface area contributed by atoms with Gasteiger partial charge < -0.3 is 27.4 Å². The van der Waals surface area contributed by atoms with E-state index in [1.54, 1.807) is 0 Å². The molecule has 10 aromatic carbocycles. The van der Waals surface area contributed by atoms with E-state index in [0.717, 1.165) is 117 Å². The summed E-state index contributed by atoms with van der Waals surface area (Å²) >= 11 is 0. The highest BCUT2D eigenvalue weighted by Gasteiger charge is 2.18. The molecule has 0 aliphatic rings. The van der Waals surface area contributed by atoms with E-state index in [-0.39, 0.29) is 0 Å². The lowest BCUT2D eigenvalue weighted by Gasteiger charge is -2.18. The van der Waals surface area contributed by atoms with Crippen LogP contribution in [0.2, 0.25) is 0 Å². The van der Waals surface area contributed by atoms with Crippen molar-refractivity contribution in [3.05, 3.63) is 256 Å². The molecule has 6 nitrogen and oxygen atoms in total. The number of benzene rings is 10. The fourth-order valence-electron chi connectivity index (χ4n) is 10.6. The molecule has 0 spiro atoms. The van der Waals surface area contributed by atoms with Gasteiger partial charge in [-0.3, -0.25) is 0 Å². The van der Waals surface area contributed by atoms with E-state index in [1.807, 2.05) is 21.1 Å². The van der Waals surface area contributed by atoms with Gasteiger partial charge in [-0.25, -0.2) is 0 Å². The molecule has 13 aromatic rings. The van der Waals surface area contributed by atoms with Crippen LogP contribution in [0.15, 0.2) is 237 Å². The molecule has 3 heterocycles. The Labute approximate surface area is 419 Å². The number of fused-ring (bicyclic) bond motifs is 3. The standard InChI is InChI=1S/C66H48N6/c1-67-43-70(64-25-13-10-22-61(64)67)52-34-28-46(29-35-52)55-16-4-7-19-58(55)49-40-50(59-20-8-5-17-56(59)47-30-36-53(37-31-47)71-44-68(2)62-23-11-14-26-65(62)71)42-51(41-49)60-21-9-6-18-57(60)48-32-38-54(39-33-48)72-45-69(3)63-24-12-15-27-66(63)72/h4-42H,1-3H3. The van der Waals surface area contributed by atoms with Crippen molar-refractivity contribution in [2.24, 2.45) is 21.1 Å². The van der Waals surface area contributed by atoms with Crippen LogP contribution in [0.25, 0.3) is 117 Å². The van der Waals surface area contributed by atoms with Gasteiger partial charge in [0.1, 0.15) is 0 Å². The Morgan fingerprint density at radius 3 is 0.736 bits per heavy atom. The lowest BCUT2D eigenvalue weighted by Crippen LogP contribution is -2.26. The molecular formula is C66H48N6. The first kappa shape index (κ1) is 42.7. The normalized spacial score (nSPS) is 11.5. The van der Waals surface area contributed by atoms with Gasteiger partial charge in [0.15, 0.2) is 0 Å². The van der Waals surface area contributed by atoms with Crippen molar-refractivity contribution in [3.8, 4) is 83.8 Å². The zero-order chi connectivity index (χ0) is 48.3. The molecule has 0 aliphatic carbocycles. The van der Waals surface area contributed by atoms with E-state index in [2.05, 4.69) is 283 Å². The highest BCUT2D eigenvalue weighted by atomic mass is 15.1. The average Bonchev–Trinajstić information content (AvgIpc) is 4.10. The molecule has 0 saturated carbocycles. The maximum atomic E-state index is 3.50. The number of rotatable bonds is 9. The van der Waals surface area contributed by atoms with Crippen LogP contribution >= 0.6 is 0 Å². The van der Waals surface area contributed by atoms with Crippen LogP contribution in [0.4, 0.5) is 0 Å². The van der Waals surface area contributed by atoms with Crippen molar-refractivity contribution in [1.29, 1.82) is 0 Å². The van der Waals surface area contributed by atoms with Gasteiger partial charge in [0.2, 0.25) is 19.0 Å². The third kappa shape index (κ3) is 7.40. The van der Waals surface area contributed by atoms with E-state index in [4.69, 9.17) is 0 Å². The first-order chi connectivity index (χ1) is 35.4. The molecule has 0 atom stereocenters. The minimum Gasteiger partial charge on any atom is -0.319 e. The highest BCUT2D eigenvalue weighted by Crippen LogP contribution is 2.42. The van der Waals surface area contributed by atoms with Crippen LogP contribution < -0.4 is 13.7 Å². The zero-order valence-corrected chi connectivity index (χ0v) is 40.2. The summed E-state index contributed by atoms with van der Waals surface area (Å²) in [6.45, 7) is 0. The summed E-state index contributed by atoms with van der Waals surface area (Å²) in [5.74, 6) is 0. The summed E-state index contributed by atoms with van der Waals surface area (Å²) in [5.41, 5.74) is 23.8. The van der Waals surface area contributed by atoms with Crippen molar-refractivity contribution in [3.63, 3.8) is 0 Å². The van der Waals surface area contributed by atoms with E-state index in [0.29, 0.717) is 0 Å². The van der Waals surface area contributed by atoms with Crippen LogP contribution in [0.3, 0.4) is 0 Å². The van der Waals surface area contributed by atoms with Gasteiger partial charge in [-0.15, -0.1) is 0 Å². The molecule has 0 fully saturated rings. The molecule has 0 unspecified atom stereocenters. The number of aryl methyl sites for hydroxylation is 3. The summed E-state index contributed by atoms with van der Waals surface area (Å²) in [4.78, 5) is 0. The molecule has 3 aromatic heterocycles. The fourth-order valence-corrected chi connectivity index (χ4v) is 10.6. The van der Waals surface area contributed by atoms with Gasteiger partial charge in [-0.2, -0.15) is 0 Å². The smallest absolute Gasteiger partial charge is 0.244 e. The maximum Gasteiger partial charge on any atom is 0.244 e. The number of hydrogen-bond donors (Lipinski definition) is 0. The van der Waals surface area contributed by atoms with E-state index >= 15 is 0 Å². The lowest BCUT2D eigenvalue weighted by atomic mass is 9.86. The second kappa shape index (κ2) is 17.5. The number of para-hydroxylation sites is 6. The second-order valence-electron chi connectivity index (χ2n) is 18.5. The number of imidazole rings is 3. The number of hydrogen-bond acceptors (Lipinski definition) is 0. The summed E-state index contributed by atoms with van der Waals surface area (Å²) in [7, 11) is 6.14. The second-order valence-corrected chi connectivity index (χ2v) is 18.5. The van der Waals surface area contributed by atoms with Gasteiger partial charge in [0, 0.05) is 0 Å². The third-order valence-electron chi connectivity index (χ3n) is 14.2. The Morgan fingerprint density at radius 1 is 0.250 bits per heavy atom. The van der Waals surface area contributed by atoms with Gasteiger partial charge in [-0.05, 0) is 85.0 Å². The van der Waals surface area contributed by atoms with Crippen molar-refractivity contribution in [2.45, 2.75) is 0 Å². The fraction of sp³-hybridized carbons (Fsp3) is 0.0455. The van der Waals surface area contributed by atoms with Gasteiger partial charge >= 0.3 is 0 Å². The molecule has 6 heteroatoms. The molecule has 342 valence electrons. The molecule has 0 amide bonds. The highest BCUT2D eigenvalue weighted by molar-refractivity contribution is 5.94. The molecule has 13 rings (SSSR count). The van der Waals surface area contributed by atoms with Gasteiger partial charge in [-0.1, -0.05) is 218 Å². The molecule has 0 aliphatic heterocycles. The van der Waals surface area contributed by atoms with Crippen LogP contribution in [-0.4, -0.2) is 13.7 Å². The molecule has 0 saturated heterocycles. The van der Waals surface area contributed by atoms with Crippen molar-refractivity contribution in [2.75, 3.05) is 0 Å². The number of nitrogens with zero attached hydrogens (tertiary/aromatic N) is 6. The first-order valence-corrected chi connectivity index (χ1v) is 24.4. The molecule has 0 N–H and O–H groups in total. The molecule has 0 radical (unpaired) electrons.